The van der Waals surface area contributed by atoms with Crippen molar-refractivity contribution < 1.29 is 29.0 Å². The molecule has 23 heavy (non-hydrogen) atoms. The number of aliphatic hydroxyl groups is 1. The molecule has 0 bridgehead atoms. The molecule has 0 spiro atoms. The molecular formula is C15H20N2O6. The largest absolute Gasteiger partial charge is 0.467 e. The highest BCUT2D eigenvalue weighted by Gasteiger charge is 2.24. The third kappa shape index (κ3) is 6.35. The summed E-state index contributed by atoms with van der Waals surface area (Å²) in [4.78, 5) is 34.7. The van der Waals surface area contributed by atoms with Crippen molar-refractivity contribution in [2.75, 3.05) is 13.7 Å². The molecule has 0 saturated carbocycles. The quantitative estimate of drug-likeness (QED) is 0.606. The average molecular weight is 324 g/mol. The number of hydrogen-bond donors (Lipinski definition) is 3. The number of esters is 1. The van der Waals surface area contributed by atoms with Gasteiger partial charge in [-0.2, -0.15) is 0 Å². The third-order valence-electron chi connectivity index (χ3n) is 2.93. The highest BCUT2D eigenvalue weighted by molar-refractivity contribution is 5.89. The fourth-order valence-corrected chi connectivity index (χ4v) is 1.63. The molecule has 1 aromatic rings. The summed E-state index contributed by atoms with van der Waals surface area (Å²) in [6, 6.07) is 6.93. The molecule has 2 amide bonds. The summed E-state index contributed by atoms with van der Waals surface area (Å²) in [5, 5.41) is 13.6. The monoisotopic (exact) mass is 324 g/mol. The predicted molar refractivity (Wildman–Crippen MR) is 80.3 cm³/mol. The lowest BCUT2D eigenvalue weighted by Crippen LogP contribution is -2.51. The average Bonchev–Trinajstić information content (AvgIpc) is 2.57. The Kier molecular flexibility index (Phi) is 7.55. The molecule has 0 aliphatic heterocycles. The van der Waals surface area contributed by atoms with Gasteiger partial charge < -0.3 is 25.2 Å². The molecule has 0 aliphatic carbocycles. The Morgan fingerprint density at radius 1 is 1.17 bits per heavy atom. The molecule has 0 radical (unpaired) electrons. The van der Waals surface area contributed by atoms with Gasteiger partial charge in [0.05, 0.1) is 13.7 Å². The number of hydrogen-bond acceptors (Lipinski definition) is 6. The molecule has 0 aliphatic rings. The standard InChI is InChI=1S/C15H20N2O6/c1-10(13(19)17-12(8-18)14(20)22-2)16-15(21)23-9-11-6-4-3-5-7-11/h3-7,10,12,18H,8-9H2,1-2H3,(H,16,21)(H,17,19)/t10-,12+/m1/s1. The van der Waals surface area contributed by atoms with Crippen molar-refractivity contribution in [1.29, 1.82) is 0 Å². The lowest BCUT2D eigenvalue weighted by atomic mass is 10.2. The van der Waals surface area contributed by atoms with Gasteiger partial charge in [0.15, 0.2) is 6.04 Å². The van der Waals surface area contributed by atoms with Crippen molar-refractivity contribution in [3.05, 3.63) is 35.9 Å². The van der Waals surface area contributed by atoms with E-state index in [0.29, 0.717) is 0 Å². The second-order valence-electron chi connectivity index (χ2n) is 4.69. The Labute approximate surface area is 133 Å². The number of alkyl carbamates (subject to hydrolysis) is 1. The topological polar surface area (TPSA) is 114 Å². The summed E-state index contributed by atoms with van der Waals surface area (Å²) < 4.78 is 9.40. The Balaban J connectivity index is 2.41. The van der Waals surface area contributed by atoms with Gasteiger partial charge in [-0.15, -0.1) is 0 Å². The van der Waals surface area contributed by atoms with Crippen molar-refractivity contribution in [1.82, 2.24) is 10.6 Å². The van der Waals surface area contributed by atoms with Crippen LogP contribution in [0, 0.1) is 0 Å². The second kappa shape index (κ2) is 9.42. The van der Waals surface area contributed by atoms with Crippen LogP contribution in [0.4, 0.5) is 4.79 Å². The van der Waals surface area contributed by atoms with Crippen molar-refractivity contribution in [3.8, 4) is 0 Å². The Bertz CT molecular complexity index is 534. The van der Waals surface area contributed by atoms with Crippen LogP contribution in [0.2, 0.25) is 0 Å². The summed E-state index contributed by atoms with van der Waals surface area (Å²) in [6.45, 7) is 0.886. The van der Waals surface area contributed by atoms with Gasteiger partial charge in [-0.1, -0.05) is 30.3 Å². The molecule has 0 saturated heterocycles. The zero-order chi connectivity index (χ0) is 17.2. The second-order valence-corrected chi connectivity index (χ2v) is 4.69. The molecule has 0 fully saturated rings. The zero-order valence-electron chi connectivity index (χ0n) is 12.9. The number of aliphatic hydroxyl groups excluding tert-OH is 1. The van der Waals surface area contributed by atoms with E-state index in [1.54, 1.807) is 12.1 Å². The van der Waals surface area contributed by atoms with E-state index in [0.717, 1.165) is 12.7 Å². The molecular weight excluding hydrogens is 304 g/mol. The normalized spacial score (nSPS) is 12.7. The number of benzene rings is 1. The van der Waals surface area contributed by atoms with E-state index in [2.05, 4.69) is 15.4 Å². The molecule has 1 aromatic carbocycles. The summed E-state index contributed by atoms with van der Waals surface area (Å²) in [5.41, 5.74) is 0.811. The highest BCUT2D eigenvalue weighted by atomic mass is 16.5. The van der Waals surface area contributed by atoms with E-state index in [4.69, 9.17) is 9.84 Å². The number of amides is 2. The first kappa shape index (κ1) is 18.4. The van der Waals surface area contributed by atoms with Crippen LogP contribution in [0.25, 0.3) is 0 Å². The number of carbonyl (C=O) groups is 3. The molecule has 126 valence electrons. The van der Waals surface area contributed by atoms with Crippen LogP contribution in [0.3, 0.4) is 0 Å². The van der Waals surface area contributed by atoms with Crippen molar-refractivity contribution in [3.63, 3.8) is 0 Å². The van der Waals surface area contributed by atoms with Crippen molar-refractivity contribution in [2.45, 2.75) is 25.6 Å². The van der Waals surface area contributed by atoms with Gasteiger partial charge in [0, 0.05) is 0 Å². The van der Waals surface area contributed by atoms with Crippen LogP contribution in [-0.4, -0.2) is 48.9 Å². The van der Waals surface area contributed by atoms with Gasteiger partial charge >= 0.3 is 12.1 Å². The highest BCUT2D eigenvalue weighted by Crippen LogP contribution is 2.00. The maximum Gasteiger partial charge on any atom is 0.408 e. The van der Waals surface area contributed by atoms with Gasteiger partial charge in [-0.3, -0.25) is 4.79 Å². The minimum Gasteiger partial charge on any atom is -0.467 e. The molecule has 0 heterocycles. The first-order chi connectivity index (χ1) is 11.0. The SMILES string of the molecule is COC(=O)[C@H](CO)NC(=O)[C@@H](C)NC(=O)OCc1ccccc1. The molecule has 8 heteroatoms. The van der Waals surface area contributed by atoms with Crippen LogP contribution in [0.1, 0.15) is 12.5 Å². The lowest BCUT2D eigenvalue weighted by molar-refractivity contribution is -0.146. The van der Waals surface area contributed by atoms with Gasteiger partial charge in [0.2, 0.25) is 5.91 Å². The predicted octanol–water partition coefficient (Wildman–Crippen LogP) is -0.0486. The van der Waals surface area contributed by atoms with Crippen molar-refractivity contribution in [2.24, 2.45) is 0 Å². The molecule has 0 aromatic heterocycles. The minimum atomic E-state index is -1.18. The van der Waals surface area contributed by atoms with E-state index < -0.39 is 36.7 Å². The molecule has 1 rings (SSSR count). The van der Waals surface area contributed by atoms with Gasteiger partial charge in [0.25, 0.3) is 0 Å². The van der Waals surface area contributed by atoms with Gasteiger partial charge in [0.1, 0.15) is 12.6 Å². The van der Waals surface area contributed by atoms with Gasteiger partial charge in [-0.05, 0) is 12.5 Å². The van der Waals surface area contributed by atoms with Crippen LogP contribution < -0.4 is 10.6 Å². The number of methoxy groups -OCH3 is 1. The Morgan fingerprint density at radius 3 is 2.39 bits per heavy atom. The van der Waals surface area contributed by atoms with E-state index in [-0.39, 0.29) is 6.61 Å². The summed E-state index contributed by atoms with van der Waals surface area (Å²) in [7, 11) is 1.14. The molecule has 8 nitrogen and oxygen atoms in total. The van der Waals surface area contributed by atoms with Crippen LogP contribution >= 0.6 is 0 Å². The van der Waals surface area contributed by atoms with Crippen LogP contribution in [0.5, 0.6) is 0 Å². The minimum absolute atomic E-state index is 0.0719. The van der Waals surface area contributed by atoms with Crippen LogP contribution in [-0.2, 0) is 25.7 Å². The molecule has 3 N–H and O–H groups in total. The maximum absolute atomic E-state index is 11.8. The van der Waals surface area contributed by atoms with E-state index in [1.807, 2.05) is 18.2 Å². The fourth-order valence-electron chi connectivity index (χ4n) is 1.63. The smallest absolute Gasteiger partial charge is 0.408 e. The molecule has 0 unspecified atom stereocenters. The zero-order valence-corrected chi connectivity index (χ0v) is 12.9. The summed E-state index contributed by atoms with van der Waals surface area (Å²) in [6.07, 6.45) is -0.768. The first-order valence-electron chi connectivity index (χ1n) is 6.94. The van der Waals surface area contributed by atoms with E-state index in [1.165, 1.54) is 6.92 Å². The van der Waals surface area contributed by atoms with Gasteiger partial charge in [-0.25, -0.2) is 9.59 Å². The Hall–Kier alpha value is -2.61. The van der Waals surface area contributed by atoms with E-state index in [9.17, 15) is 14.4 Å². The van der Waals surface area contributed by atoms with Crippen molar-refractivity contribution >= 4 is 18.0 Å². The third-order valence-corrected chi connectivity index (χ3v) is 2.93. The fraction of sp³-hybridized carbons (Fsp3) is 0.400. The lowest BCUT2D eigenvalue weighted by Gasteiger charge is -2.18. The van der Waals surface area contributed by atoms with E-state index >= 15 is 0 Å². The number of carbonyl (C=O) groups excluding carboxylic acids is 3. The number of ether oxygens (including phenoxy) is 2. The molecule has 2 atom stereocenters. The van der Waals surface area contributed by atoms with Crippen LogP contribution in [0.15, 0.2) is 30.3 Å². The maximum atomic E-state index is 11.8. The Morgan fingerprint density at radius 2 is 1.83 bits per heavy atom. The number of nitrogens with one attached hydrogen (secondary N) is 2. The first-order valence-corrected chi connectivity index (χ1v) is 6.94. The number of rotatable bonds is 7. The summed E-state index contributed by atoms with van der Waals surface area (Å²) >= 11 is 0. The summed E-state index contributed by atoms with van der Waals surface area (Å²) in [5.74, 6) is -1.43.